The van der Waals surface area contributed by atoms with Gasteiger partial charge in [0.2, 0.25) is 0 Å². The number of aryl methyl sites for hydroxylation is 2. The van der Waals surface area contributed by atoms with Crippen molar-refractivity contribution in [2.24, 2.45) is 5.84 Å². The van der Waals surface area contributed by atoms with Crippen LogP contribution in [0.5, 0.6) is 5.75 Å². The minimum absolute atomic E-state index is 0.236. The van der Waals surface area contributed by atoms with Crippen molar-refractivity contribution in [3.8, 4) is 5.75 Å². The SMILES string of the molecule is Cc1ccc(OCn2ccc(C(=O)NN)n2)cc1C. The van der Waals surface area contributed by atoms with Gasteiger partial charge in [-0.25, -0.2) is 10.5 Å². The summed E-state index contributed by atoms with van der Waals surface area (Å²) in [5.41, 5.74) is 4.67. The highest BCUT2D eigenvalue weighted by atomic mass is 16.5. The van der Waals surface area contributed by atoms with E-state index in [2.05, 4.69) is 5.10 Å². The Morgan fingerprint density at radius 1 is 1.37 bits per heavy atom. The molecule has 6 nitrogen and oxygen atoms in total. The fourth-order valence-corrected chi connectivity index (χ4v) is 1.57. The number of aromatic nitrogens is 2. The number of hydrogen-bond donors (Lipinski definition) is 2. The molecule has 0 bridgehead atoms. The van der Waals surface area contributed by atoms with Crippen LogP contribution >= 0.6 is 0 Å². The highest BCUT2D eigenvalue weighted by Crippen LogP contribution is 2.16. The van der Waals surface area contributed by atoms with Crippen LogP contribution in [0.15, 0.2) is 30.5 Å². The number of nitrogens with zero attached hydrogens (tertiary/aromatic N) is 2. The summed E-state index contributed by atoms with van der Waals surface area (Å²) in [5, 5.41) is 4.04. The van der Waals surface area contributed by atoms with Gasteiger partial charge in [0.1, 0.15) is 5.75 Å². The number of ether oxygens (including phenoxy) is 1. The highest BCUT2D eigenvalue weighted by Gasteiger charge is 2.07. The fourth-order valence-electron chi connectivity index (χ4n) is 1.57. The van der Waals surface area contributed by atoms with Gasteiger partial charge in [-0.15, -0.1) is 0 Å². The maximum absolute atomic E-state index is 11.2. The van der Waals surface area contributed by atoms with Crippen molar-refractivity contribution in [3.05, 3.63) is 47.3 Å². The molecule has 3 N–H and O–H groups in total. The maximum Gasteiger partial charge on any atom is 0.285 e. The van der Waals surface area contributed by atoms with Crippen molar-refractivity contribution in [2.75, 3.05) is 0 Å². The molecule has 0 aliphatic rings. The Morgan fingerprint density at radius 3 is 2.84 bits per heavy atom. The van der Waals surface area contributed by atoms with E-state index >= 15 is 0 Å². The topological polar surface area (TPSA) is 82.2 Å². The van der Waals surface area contributed by atoms with Crippen LogP contribution in [0, 0.1) is 13.8 Å². The molecule has 0 unspecified atom stereocenters. The molecule has 0 aliphatic heterocycles. The van der Waals surface area contributed by atoms with E-state index in [1.807, 2.05) is 37.5 Å². The third-order valence-electron chi connectivity index (χ3n) is 2.85. The Hall–Kier alpha value is -2.34. The second-order valence-electron chi connectivity index (χ2n) is 4.23. The third-order valence-corrected chi connectivity index (χ3v) is 2.85. The first kappa shape index (κ1) is 13.1. The summed E-state index contributed by atoms with van der Waals surface area (Å²) >= 11 is 0. The molecular weight excluding hydrogens is 244 g/mol. The predicted molar refractivity (Wildman–Crippen MR) is 70.4 cm³/mol. The molecule has 6 heteroatoms. The van der Waals surface area contributed by atoms with Gasteiger partial charge in [-0.2, -0.15) is 5.10 Å². The first-order chi connectivity index (χ1) is 9.10. The Kier molecular flexibility index (Phi) is 3.82. The number of carbonyl (C=O) groups is 1. The van der Waals surface area contributed by atoms with E-state index in [1.165, 1.54) is 15.8 Å². The molecule has 1 aromatic carbocycles. The molecule has 0 saturated carbocycles. The minimum Gasteiger partial charge on any atom is -0.471 e. The van der Waals surface area contributed by atoms with Crippen LogP contribution in [0.3, 0.4) is 0 Å². The zero-order valence-electron chi connectivity index (χ0n) is 10.9. The van der Waals surface area contributed by atoms with Gasteiger partial charge < -0.3 is 4.74 Å². The zero-order chi connectivity index (χ0) is 13.8. The summed E-state index contributed by atoms with van der Waals surface area (Å²) in [7, 11) is 0. The summed E-state index contributed by atoms with van der Waals surface area (Å²) in [6.45, 7) is 4.31. The number of nitrogens with one attached hydrogen (secondary N) is 1. The van der Waals surface area contributed by atoms with E-state index in [1.54, 1.807) is 12.3 Å². The monoisotopic (exact) mass is 260 g/mol. The molecule has 0 aliphatic carbocycles. The lowest BCUT2D eigenvalue weighted by molar-refractivity contribution is 0.0946. The molecular formula is C13H16N4O2. The smallest absolute Gasteiger partial charge is 0.285 e. The molecule has 100 valence electrons. The molecule has 1 aromatic heterocycles. The van der Waals surface area contributed by atoms with Crippen molar-refractivity contribution in [2.45, 2.75) is 20.6 Å². The number of nitrogens with two attached hydrogens (primary N) is 1. The normalized spacial score (nSPS) is 10.3. The largest absolute Gasteiger partial charge is 0.471 e. The molecule has 0 atom stereocenters. The number of rotatable bonds is 4. The quantitative estimate of drug-likeness (QED) is 0.490. The van der Waals surface area contributed by atoms with Gasteiger partial charge in [0, 0.05) is 6.20 Å². The molecule has 0 radical (unpaired) electrons. The van der Waals surface area contributed by atoms with Crippen LogP contribution in [0.25, 0.3) is 0 Å². The van der Waals surface area contributed by atoms with Crippen molar-refractivity contribution in [3.63, 3.8) is 0 Å². The lowest BCUT2D eigenvalue weighted by Gasteiger charge is -2.08. The van der Waals surface area contributed by atoms with Gasteiger partial charge >= 0.3 is 0 Å². The van der Waals surface area contributed by atoms with Crippen LogP contribution < -0.4 is 16.0 Å². The molecule has 19 heavy (non-hydrogen) atoms. The molecule has 0 saturated heterocycles. The molecule has 1 heterocycles. The number of nitrogen functional groups attached to an aromatic ring is 1. The van der Waals surface area contributed by atoms with Crippen molar-refractivity contribution in [1.29, 1.82) is 0 Å². The first-order valence-corrected chi connectivity index (χ1v) is 5.84. The summed E-state index contributed by atoms with van der Waals surface area (Å²) in [4.78, 5) is 11.2. The lowest BCUT2D eigenvalue weighted by atomic mass is 10.1. The number of benzene rings is 1. The Labute approximate surface area is 111 Å². The maximum atomic E-state index is 11.2. The van der Waals surface area contributed by atoms with Crippen molar-refractivity contribution >= 4 is 5.91 Å². The van der Waals surface area contributed by atoms with E-state index in [-0.39, 0.29) is 12.4 Å². The van der Waals surface area contributed by atoms with Crippen molar-refractivity contribution in [1.82, 2.24) is 15.2 Å². The van der Waals surface area contributed by atoms with Crippen LogP contribution in [0.1, 0.15) is 21.6 Å². The van der Waals surface area contributed by atoms with Gasteiger partial charge in [0.25, 0.3) is 5.91 Å². The second-order valence-corrected chi connectivity index (χ2v) is 4.23. The molecule has 1 amide bonds. The lowest BCUT2D eigenvalue weighted by Crippen LogP contribution is -2.30. The minimum atomic E-state index is -0.426. The first-order valence-electron chi connectivity index (χ1n) is 5.84. The summed E-state index contributed by atoms with van der Waals surface area (Å²) in [6, 6.07) is 7.44. The second kappa shape index (κ2) is 5.53. The highest BCUT2D eigenvalue weighted by molar-refractivity contribution is 5.91. The Balaban J connectivity index is 2.00. The van der Waals surface area contributed by atoms with E-state index in [9.17, 15) is 4.79 Å². The van der Waals surface area contributed by atoms with Gasteiger partial charge in [-0.1, -0.05) is 6.07 Å². The molecule has 2 rings (SSSR count). The summed E-state index contributed by atoms with van der Waals surface area (Å²) in [5.74, 6) is 5.37. The van der Waals surface area contributed by atoms with Gasteiger partial charge in [-0.05, 0) is 43.2 Å². The van der Waals surface area contributed by atoms with E-state index in [0.29, 0.717) is 0 Å². The van der Waals surface area contributed by atoms with Crippen LogP contribution in [-0.2, 0) is 6.73 Å². The van der Waals surface area contributed by atoms with Crippen molar-refractivity contribution < 1.29 is 9.53 Å². The van der Waals surface area contributed by atoms with Crippen LogP contribution in [0.4, 0.5) is 0 Å². The Bertz CT molecular complexity index is 592. The average molecular weight is 260 g/mol. The Morgan fingerprint density at radius 2 is 2.16 bits per heavy atom. The zero-order valence-corrected chi connectivity index (χ0v) is 10.9. The van der Waals surface area contributed by atoms with Crippen LogP contribution in [0.2, 0.25) is 0 Å². The van der Waals surface area contributed by atoms with E-state index in [0.717, 1.165) is 5.75 Å². The molecule has 0 spiro atoms. The van der Waals surface area contributed by atoms with Gasteiger partial charge in [0.15, 0.2) is 12.4 Å². The van der Waals surface area contributed by atoms with E-state index < -0.39 is 5.91 Å². The number of hydrogen-bond acceptors (Lipinski definition) is 4. The van der Waals surface area contributed by atoms with Crippen LogP contribution in [-0.4, -0.2) is 15.7 Å². The van der Waals surface area contributed by atoms with Gasteiger partial charge in [0.05, 0.1) is 0 Å². The third kappa shape index (κ3) is 3.11. The van der Waals surface area contributed by atoms with Gasteiger partial charge in [-0.3, -0.25) is 10.2 Å². The molecule has 0 fully saturated rings. The van der Waals surface area contributed by atoms with E-state index in [4.69, 9.17) is 10.6 Å². The number of hydrazine groups is 1. The molecule has 2 aromatic rings. The fraction of sp³-hybridized carbons (Fsp3) is 0.231. The summed E-state index contributed by atoms with van der Waals surface area (Å²) in [6.07, 6.45) is 1.66. The number of amides is 1. The number of carbonyl (C=O) groups excluding carboxylic acids is 1. The standard InChI is InChI=1S/C13H16N4O2/c1-9-3-4-11(7-10(9)2)19-8-17-6-5-12(16-17)13(18)15-14/h3-7H,8,14H2,1-2H3,(H,15,18). The average Bonchev–Trinajstić information content (AvgIpc) is 2.88. The predicted octanol–water partition coefficient (Wildman–Crippen LogP) is 1.14. The summed E-state index contributed by atoms with van der Waals surface area (Å²) < 4.78 is 7.12.